The van der Waals surface area contributed by atoms with Crippen LogP contribution >= 0.6 is 0 Å². The first kappa shape index (κ1) is 19.5. The summed E-state index contributed by atoms with van der Waals surface area (Å²) in [6.07, 6.45) is 5.32. The molecule has 1 saturated heterocycles. The lowest BCUT2D eigenvalue weighted by Crippen LogP contribution is -2.35. The number of aryl methyl sites for hydroxylation is 1. The van der Waals surface area contributed by atoms with Crippen molar-refractivity contribution in [3.8, 4) is 0 Å². The van der Waals surface area contributed by atoms with Crippen molar-refractivity contribution in [3.63, 3.8) is 0 Å². The molecular formula is C17H24N8O4. The van der Waals surface area contributed by atoms with Gasteiger partial charge < -0.3 is 35.7 Å². The van der Waals surface area contributed by atoms with E-state index in [4.69, 9.17) is 20.9 Å². The van der Waals surface area contributed by atoms with Gasteiger partial charge in [0.2, 0.25) is 5.95 Å². The third-order valence-electron chi connectivity index (χ3n) is 4.91. The average Bonchev–Trinajstić information content (AvgIpc) is 3.41. The zero-order valence-corrected chi connectivity index (χ0v) is 15.7. The number of anilines is 2. The van der Waals surface area contributed by atoms with Gasteiger partial charge in [-0.15, -0.1) is 0 Å². The molecule has 29 heavy (non-hydrogen) atoms. The quantitative estimate of drug-likeness (QED) is 0.352. The molecule has 0 aliphatic carbocycles. The topological polar surface area (TPSA) is 172 Å². The Balaban J connectivity index is 1.47. The third kappa shape index (κ3) is 3.87. The number of nitrogen functional groups attached to an aromatic ring is 2. The zero-order valence-electron chi connectivity index (χ0n) is 15.7. The summed E-state index contributed by atoms with van der Waals surface area (Å²) < 4.78 is 15.4. The number of hydrogen-bond donors (Lipinski definition) is 4. The van der Waals surface area contributed by atoms with Crippen molar-refractivity contribution in [3.05, 3.63) is 25.0 Å². The van der Waals surface area contributed by atoms with Crippen LogP contribution < -0.4 is 11.5 Å². The van der Waals surface area contributed by atoms with Crippen LogP contribution in [0.2, 0.25) is 0 Å². The summed E-state index contributed by atoms with van der Waals surface area (Å²) in [5.74, 6) is 0.159. The number of aliphatic hydroxyl groups excluding tert-OH is 2. The van der Waals surface area contributed by atoms with Crippen LogP contribution in [0.25, 0.3) is 11.2 Å². The number of aromatic nitrogens is 6. The van der Waals surface area contributed by atoms with Gasteiger partial charge in [0, 0.05) is 25.5 Å². The van der Waals surface area contributed by atoms with Gasteiger partial charge in [0.1, 0.15) is 23.8 Å². The molecule has 12 heteroatoms. The van der Waals surface area contributed by atoms with Gasteiger partial charge in [-0.05, 0) is 12.8 Å². The summed E-state index contributed by atoms with van der Waals surface area (Å²) in [4.78, 5) is 16.3. The SMILES string of the molecule is Nc1nc(N)c2ncn(C3O[C@H](CO)[C@@H](O)[C@H]3OCCCCn3ccnc3)c2n1. The minimum Gasteiger partial charge on any atom is -0.394 e. The third-order valence-corrected chi connectivity index (χ3v) is 4.91. The number of nitrogens with zero attached hydrogens (tertiary/aromatic N) is 6. The minimum absolute atomic E-state index is 0.00553. The first-order chi connectivity index (χ1) is 14.1. The molecule has 1 fully saturated rings. The Morgan fingerprint density at radius 3 is 2.83 bits per heavy atom. The Morgan fingerprint density at radius 1 is 1.21 bits per heavy atom. The average molecular weight is 404 g/mol. The molecule has 0 radical (unpaired) electrons. The fourth-order valence-corrected chi connectivity index (χ4v) is 3.45. The molecule has 1 aliphatic heterocycles. The first-order valence-electron chi connectivity index (χ1n) is 9.35. The first-order valence-corrected chi connectivity index (χ1v) is 9.35. The second kappa shape index (κ2) is 8.29. The van der Waals surface area contributed by atoms with E-state index in [1.165, 1.54) is 6.33 Å². The molecule has 4 atom stereocenters. The van der Waals surface area contributed by atoms with E-state index in [0.29, 0.717) is 17.8 Å². The fourth-order valence-electron chi connectivity index (χ4n) is 3.45. The highest BCUT2D eigenvalue weighted by Gasteiger charge is 2.45. The van der Waals surface area contributed by atoms with Gasteiger partial charge in [-0.1, -0.05) is 0 Å². The van der Waals surface area contributed by atoms with Gasteiger partial charge in [-0.3, -0.25) is 4.57 Å². The van der Waals surface area contributed by atoms with Gasteiger partial charge in [-0.2, -0.15) is 9.97 Å². The normalized spacial score (nSPS) is 24.5. The number of unbranched alkanes of at least 4 members (excludes halogenated alkanes) is 1. The standard InChI is InChI=1S/C17H24N8O4/c18-14-11-15(23-17(19)22-14)25(9-21-11)16-13(12(27)10(7-26)29-16)28-6-2-1-4-24-5-3-20-8-24/h3,5,8-10,12-13,16,26-27H,1-2,4,6-7H2,(H4,18,19,22,23)/t10-,12-,13-,16?/m1/s1. The Morgan fingerprint density at radius 2 is 2.07 bits per heavy atom. The molecule has 0 bridgehead atoms. The van der Waals surface area contributed by atoms with Gasteiger partial charge >= 0.3 is 0 Å². The molecule has 0 spiro atoms. The van der Waals surface area contributed by atoms with Gasteiger partial charge in [0.25, 0.3) is 0 Å². The molecule has 12 nitrogen and oxygen atoms in total. The van der Waals surface area contributed by atoms with E-state index < -0.39 is 24.5 Å². The van der Waals surface area contributed by atoms with Crippen molar-refractivity contribution in [2.75, 3.05) is 24.7 Å². The molecule has 0 aromatic carbocycles. The van der Waals surface area contributed by atoms with E-state index in [2.05, 4.69) is 19.9 Å². The van der Waals surface area contributed by atoms with Gasteiger partial charge in [0.05, 0.1) is 19.3 Å². The maximum Gasteiger partial charge on any atom is 0.224 e. The summed E-state index contributed by atoms with van der Waals surface area (Å²) in [6.45, 7) is 0.905. The Kier molecular flexibility index (Phi) is 5.58. The number of imidazole rings is 2. The molecule has 1 aliphatic rings. The van der Waals surface area contributed by atoms with Crippen molar-refractivity contribution < 1.29 is 19.7 Å². The Hall–Kier alpha value is -2.80. The van der Waals surface area contributed by atoms with E-state index in [-0.39, 0.29) is 18.4 Å². The van der Waals surface area contributed by atoms with E-state index in [9.17, 15) is 10.2 Å². The highest BCUT2D eigenvalue weighted by atomic mass is 16.6. The Labute approximate surface area is 166 Å². The van der Waals surface area contributed by atoms with Crippen LogP contribution in [0.5, 0.6) is 0 Å². The largest absolute Gasteiger partial charge is 0.394 e. The predicted octanol–water partition coefficient (Wildman–Crippen LogP) is -0.697. The molecule has 0 amide bonds. The zero-order chi connectivity index (χ0) is 20.4. The number of hydrogen-bond acceptors (Lipinski definition) is 10. The van der Waals surface area contributed by atoms with Crippen LogP contribution in [-0.4, -0.2) is 70.8 Å². The van der Waals surface area contributed by atoms with Crippen molar-refractivity contribution in [1.82, 2.24) is 29.1 Å². The highest BCUT2D eigenvalue weighted by Crippen LogP contribution is 2.34. The van der Waals surface area contributed by atoms with Gasteiger partial charge in [-0.25, -0.2) is 9.97 Å². The van der Waals surface area contributed by atoms with Crippen LogP contribution in [-0.2, 0) is 16.0 Å². The molecule has 156 valence electrons. The van der Waals surface area contributed by atoms with E-state index in [1.54, 1.807) is 17.1 Å². The van der Waals surface area contributed by atoms with E-state index in [1.807, 2.05) is 10.8 Å². The summed E-state index contributed by atoms with van der Waals surface area (Å²) >= 11 is 0. The maximum absolute atomic E-state index is 10.6. The predicted molar refractivity (Wildman–Crippen MR) is 102 cm³/mol. The van der Waals surface area contributed by atoms with E-state index in [0.717, 1.165) is 19.4 Å². The van der Waals surface area contributed by atoms with Crippen molar-refractivity contribution in [2.45, 2.75) is 43.9 Å². The highest BCUT2D eigenvalue weighted by molar-refractivity contribution is 5.82. The van der Waals surface area contributed by atoms with Crippen molar-refractivity contribution in [1.29, 1.82) is 0 Å². The lowest BCUT2D eigenvalue weighted by atomic mass is 10.1. The van der Waals surface area contributed by atoms with Crippen LogP contribution in [0.4, 0.5) is 11.8 Å². The summed E-state index contributed by atoms with van der Waals surface area (Å²) in [6, 6.07) is 0. The molecule has 4 heterocycles. The molecule has 0 saturated carbocycles. The number of nitrogens with two attached hydrogens (primary N) is 2. The summed E-state index contributed by atoms with van der Waals surface area (Å²) in [5, 5.41) is 20.1. The fraction of sp³-hybridized carbons (Fsp3) is 0.529. The second-order valence-electron chi connectivity index (χ2n) is 6.87. The molecule has 4 rings (SSSR count). The van der Waals surface area contributed by atoms with E-state index >= 15 is 0 Å². The van der Waals surface area contributed by atoms with Gasteiger partial charge in [0.15, 0.2) is 17.7 Å². The number of rotatable bonds is 8. The number of fused-ring (bicyclic) bond motifs is 1. The van der Waals surface area contributed by atoms with Crippen LogP contribution in [0.3, 0.4) is 0 Å². The monoisotopic (exact) mass is 404 g/mol. The maximum atomic E-state index is 10.6. The smallest absolute Gasteiger partial charge is 0.224 e. The lowest BCUT2D eigenvalue weighted by Gasteiger charge is -2.22. The van der Waals surface area contributed by atoms with Crippen molar-refractivity contribution >= 4 is 22.9 Å². The second-order valence-corrected chi connectivity index (χ2v) is 6.87. The molecule has 6 N–H and O–H groups in total. The molecule has 3 aromatic rings. The van der Waals surface area contributed by atoms with Crippen LogP contribution in [0.1, 0.15) is 19.1 Å². The minimum atomic E-state index is -1.01. The molecule has 3 aromatic heterocycles. The molecular weight excluding hydrogens is 380 g/mol. The van der Waals surface area contributed by atoms with Crippen LogP contribution in [0.15, 0.2) is 25.0 Å². The molecule has 1 unspecified atom stereocenters. The Bertz CT molecular complexity index is 946. The number of ether oxygens (including phenoxy) is 2. The number of aliphatic hydroxyl groups is 2. The van der Waals surface area contributed by atoms with Crippen molar-refractivity contribution in [2.24, 2.45) is 0 Å². The lowest BCUT2D eigenvalue weighted by molar-refractivity contribution is -0.0711. The van der Waals surface area contributed by atoms with Crippen LogP contribution in [0, 0.1) is 0 Å². The summed E-state index contributed by atoms with van der Waals surface area (Å²) in [7, 11) is 0. The summed E-state index contributed by atoms with van der Waals surface area (Å²) in [5.41, 5.74) is 12.3.